The molecule has 0 aliphatic carbocycles. The van der Waals surface area contributed by atoms with Crippen LogP contribution in [0.3, 0.4) is 0 Å². The molecule has 1 rings (SSSR count). The second kappa shape index (κ2) is 8.77. The largest absolute Gasteiger partial charge is 0.498 e. The fourth-order valence-corrected chi connectivity index (χ4v) is 5.67. The average Bonchev–Trinajstić information content (AvgIpc) is 2.56. The monoisotopic (exact) mass is 471 g/mol. The molecular formula is C14H15F6NO6S2. The second-order valence-electron chi connectivity index (χ2n) is 5.70. The van der Waals surface area contributed by atoms with E-state index in [-0.39, 0.29) is 6.54 Å². The number of benzene rings is 1. The normalized spacial score (nSPS) is 14.5. The number of alkyl carbamates (subject to hydrolysis) is 1. The highest BCUT2D eigenvalue weighted by molar-refractivity contribution is 8.09. The zero-order valence-electron chi connectivity index (χ0n) is 14.5. The summed E-state index contributed by atoms with van der Waals surface area (Å²) in [5.41, 5.74) is -12.0. The van der Waals surface area contributed by atoms with Crippen LogP contribution in [0.4, 0.5) is 31.1 Å². The number of ether oxygens (including phenoxy) is 1. The first-order valence-electron chi connectivity index (χ1n) is 7.59. The van der Waals surface area contributed by atoms with Crippen LogP contribution >= 0.6 is 0 Å². The van der Waals surface area contributed by atoms with Crippen LogP contribution in [0, 0.1) is 0 Å². The first kappa shape index (κ1) is 25.0. The minimum Gasteiger partial charge on any atom is -0.446 e. The summed E-state index contributed by atoms with van der Waals surface area (Å²) in [7, 11) is -13.6. The summed E-state index contributed by atoms with van der Waals surface area (Å²) in [5.74, 6) is 0. The lowest BCUT2D eigenvalue weighted by atomic mass is 10.2. The molecule has 1 atom stereocenters. The van der Waals surface area contributed by atoms with Gasteiger partial charge in [-0.3, -0.25) is 0 Å². The van der Waals surface area contributed by atoms with Crippen molar-refractivity contribution in [2.24, 2.45) is 0 Å². The molecule has 1 amide bonds. The lowest BCUT2D eigenvalue weighted by Crippen LogP contribution is -2.46. The van der Waals surface area contributed by atoms with Gasteiger partial charge >= 0.3 is 17.1 Å². The van der Waals surface area contributed by atoms with Crippen molar-refractivity contribution in [2.75, 3.05) is 0 Å². The van der Waals surface area contributed by atoms with Gasteiger partial charge < -0.3 is 10.1 Å². The van der Waals surface area contributed by atoms with Gasteiger partial charge in [0.05, 0.1) is 0 Å². The van der Waals surface area contributed by atoms with Crippen molar-refractivity contribution >= 4 is 25.8 Å². The third-order valence-corrected chi connectivity index (χ3v) is 8.03. The lowest BCUT2D eigenvalue weighted by molar-refractivity contribution is -0.0476. The molecule has 7 nitrogen and oxygen atoms in total. The number of hydrogen-bond donors (Lipinski definition) is 1. The van der Waals surface area contributed by atoms with E-state index in [9.17, 15) is 48.0 Å². The topological polar surface area (TPSA) is 107 Å². The Morgan fingerprint density at radius 2 is 1.41 bits per heavy atom. The van der Waals surface area contributed by atoms with Crippen molar-refractivity contribution in [1.29, 1.82) is 0 Å². The minimum absolute atomic E-state index is 0.114. The Morgan fingerprint density at radius 1 is 0.966 bits per heavy atom. The summed E-state index contributed by atoms with van der Waals surface area (Å²) in [6, 6.07) is 8.10. The van der Waals surface area contributed by atoms with Crippen LogP contribution in [-0.4, -0.2) is 44.6 Å². The van der Waals surface area contributed by atoms with Gasteiger partial charge in [0.1, 0.15) is 6.10 Å². The number of carbonyl (C=O) groups is 1. The maximum absolute atomic E-state index is 12.7. The van der Waals surface area contributed by atoms with Crippen LogP contribution in [0.25, 0.3) is 0 Å². The number of alkyl halides is 6. The van der Waals surface area contributed by atoms with E-state index < -0.39 is 53.9 Å². The molecule has 1 unspecified atom stereocenters. The Balaban J connectivity index is 2.98. The molecule has 0 saturated heterocycles. The standard InChI is InChI=1S/C14H15F6NO6S2/c1-9(27-12(22)21-8-10-5-3-2-4-6-10)7-11(28(23,24)13(15,16)17)29(25,26)14(18,19)20/h2-6,9,11H,7-8H2,1H3,(H,21,22). The Morgan fingerprint density at radius 3 is 1.83 bits per heavy atom. The quantitative estimate of drug-likeness (QED) is 0.613. The summed E-state index contributed by atoms with van der Waals surface area (Å²) < 4.78 is 122. The number of amides is 1. The molecule has 0 radical (unpaired) electrons. The molecule has 166 valence electrons. The average molecular weight is 471 g/mol. The van der Waals surface area contributed by atoms with Crippen LogP contribution in [0.1, 0.15) is 18.9 Å². The molecule has 0 spiro atoms. The van der Waals surface area contributed by atoms with E-state index in [2.05, 4.69) is 10.1 Å². The number of carbonyl (C=O) groups excluding carboxylic acids is 1. The van der Waals surface area contributed by atoms with E-state index in [4.69, 9.17) is 0 Å². The molecule has 0 aliphatic rings. The van der Waals surface area contributed by atoms with Crippen LogP contribution in [-0.2, 0) is 31.0 Å². The highest BCUT2D eigenvalue weighted by Crippen LogP contribution is 2.38. The Hall–Kier alpha value is -2.03. The number of hydrogen-bond acceptors (Lipinski definition) is 6. The molecule has 0 heterocycles. The predicted molar refractivity (Wildman–Crippen MR) is 87.6 cm³/mol. The van der Waals surface area contributed by atoms with E-state index >= 15 is 0 Å². The molecule has 0 saturated carbocycles. The third-order valence-electron chi connectivity index (χ3n) is 3.45. The summed E-state index contributed by atoms with van der Waals surface area (Å²) in [4.78, 5) is 11.6. The first-order chi connectivity index (χ1) is 13.0. The van der Waals surface area contributed by atoms with E-state index in [0.29, 0.717) is 5.56 Å². The van der Waals surface area contributed by atoms with Gasteiger partial charge in [-0.2, -0.15) is 26.3 Å². The molecule has 1 N–H and O–H groups in total. The second-order valence-corrected chi connectivity index (χ2v) is 10.2. The SMILES string of the molecule is CC(CC(S(=O)(=O)C(F)(F)F)S(=O)(=O)C(F)(F)F)OC(=O)NCc1ccccc1. The number of nitrogens with one attached hydrogen (secondary N) is 1. The number of sulfone groups is 2. The number of rotatable bonds is 7. The Bertz CT molecular complexity index is 868. The minimum atomic E-state index is -6.79. The summed E-state index contributed by atoms with van der Waals surface area (Å²) in [6.07, 6.45) is -4.98. The van der Waals surface area contributed by atoms with Gasteiger partial charge in [-0.25, -0.2) is 21.6 Å². The van der Waals surface area contributed by atoms with Crippen molar-refractivity contribution in [3.05, 3.63) is 35.9 Å². The summed E-state index contributed by atoms with van der Waals surface area (Å²) >= 11 is 0. The van der Waals surface area contributed by atoms with Crippen molar-refractivity contribution < 1.29 is 52.7 Å². The molecule has 0 fully saturated rings. The van der Waals surface area contributed by atoms with Crippen molar-refractivity contribution in [2.45, 2.75) is 41.6 Å². The van der Waals surface area contributed by atoms with Crippen molar-refractivity contribution in [3.63, 3.8) is 0 Å². The molecule has 1 aromatic carbocycles. The third kappa shape index (κ3) is 6.22. The first-order valence-corrected chi connectivity index (χ1v) is 10.7. The van der Waals surface area contributed by atoms with Gasteiger partial charge in [0.15, 0.2) is 4.58 Å². The zero-order chi connectivity index (χ0) is 22.7. The zero-order valence-corrected chi connectivity index (χ0v) is 16.1. The van der Waals surface area contributed by atoms with E-state index in [1.807, 2.05) is 0 Å². The maximum atomic E-state index is 12.7. The maximum Gasteiger partial charge on any atom is 0.498 e. The molecule has 0 aromatic heterocycles. The van der Waals surface area contributed by atoms with E-state index in [0.717, 1.165) is 6.92 Å². The van der Waals surface area contributed by atoms with Crippen molar-refractivity contribution in [1.82, 2.24) is 5.32 Å². The Kier molecular flexibility index (Phi) is 7.56. The Labute approximate surface area is 161 Å². The highest BCUT2D eigenvalue weighted by atomic mass is 32.3. The molecule has 29 heavy (non-hydrogen) atoms. The summed E-state index contributed by atoms with van der Waals surface area (Å²) in [6.45, 7) is 0.643. The van der Waals surface area contributed by atoms with E-state index in [1.165, 1.54) is 0 Å². The lowest BCUT2D eigenvalue weighted by Gasteiger charge is -2.23. The smallest absolute Gasteiger partial charge is 0.446 e. The van der Waals surface area contributed by atoms with Gasteiger partial charge in [-0.15, -0.1) is 0 Å². The van der Waals surface area contributed by atoms with Crippen LogP contribution in [0.2, 0.25) is 0 Å². The fourth-order valence-electron chi connectivity index (χ4n) is 2.03. The van der Waals surface area contributed by atoms with Gasteiger partial charge in [0, 0.05) is 13.0 Å². The molecular weight excluding hydrogens is 456 g/mol. The van der Waals surface area contributed by atoms with Crippen LogP contribution in [0.15, 0.2) is 30.3 Å². The molecule has 0 bridgehead atoms. The summed E-state index contributed by atoms with van der Waals surface area (Å²) in [5, 5.41) is 2.14. The number of halogens is 6. The van der Waals surface area contributed by atoms with Gasteiger partial charge in [-0.1, -0.05) is 30.3 Å². The fraction of sp³-hybridized carbons (Fsp3) is 0.500. The van der Waals surface area contributed by atoms with Crippen LogP contribution in [0.5, 0.6) is 0 Å². The van der Waals surface area contributed by atoms with Crippen molar-refractivity contribution in [3.8, 4) is 0 Å². The van der Waals surface area contributed by atoms with Gasteiger partial charge in [-0.05, 0) is 12.5 Å². The van der Waals surface area contributed by atoms with E-state index in [1.54, 1.807) is 30.3 Å². The molecule has 1 aromatic rings. The highest BCUT2D eigenvalue weighted by Gasteiger charge is 2.63. The van der Waals surface area contributed by atoms with Gasteiger partial charge in [0.25, 0.3) is 19.7 Å². The predicted octanol–water partition coefficient (Wildman–Crippen LogP) is 2.89. The van der Waals surface area contributed by atoms with Gasteiger partial charge in [0.2, 0.25) is 0 Å². The molecule has 0 aliphatic heterocycles. The van der Waals surface area contributed by atoms with Crippen LogP contribution < -0.4 is 5.32 Å². The molecule has 15 heteroatoms.